The van der Waals surface area contributed by atoms with Gasteiger partial charge in [-0.25, -0.2) is 0 Å². The van der Waals surface area contributed by atoms with Crippen LogP contribution in [0, 0.1) is 6.07 Å². The molecule has 2 aromatic rings. The number of hydrogen-bond donors (Lipinski definition) is 0. The average molecular weight is 310 g/mol. The van der Waals surface area contributed by atoms with Gasteiger partial charge in [-0.2, -0.15) is 0 Å². The van der Waals surface area contributed by atoms with Gasteiger partial charge in [0, 0.05) is 0 Å². The van der Waals surface area contributed by atoms with E-state index in [1.165, 1.54) is 11.1 Å². The van der Waals surface area contributed by atoms with E-state index in [2.05, 4.69) is 75.7 Å². The highest BCUT2D eigenvalue weighted by Crippen LogP contribution is 2.36. The Morgan fingerprint density at radius 1 is 0.857 bits per heavy atom. The van der Waals surface area contributed by atoms with Crippen LogP contribution in [0.2, 0.25) is 39.3 Å². The van der Waals surface area contributed by atoms with Crippen LogP contribution in [0.15, 0.2) is 30.3 Å². The molecule has 0 N–H and O–H groups in total. The van der Waals surface area contributed by atoms with Crippen LogP contribution in [0.1, 0.15) is 11.1 Å². The normalized spacial score (nSPS) is 14.0. The Hall–Kier alpha value is -1.13. The molecule has 1 aliphatic carbocycles. The Kier molecular flexibility index (Phi) is 3.30. The van der Waals surface area contributed by atoms with Crippen molar-refractivity contribution < 1.29 is 0 Å². The molecule has 0 nitrogen and oxygen atoms in total. The van der Waals surface area contributed by atoms with Gasteiger partial charge in [0.2, 0.25) is 0 Å². The molecule has 2 heteroatoms. The van der Waals surface area contributed by atoms with Gasteiger partial charge < -0.3 is 0 Å². The third-order valence-corrected chi connectivity index (χ3v) is 8.61. The summed E-state index contributed by atoms with van der Waals surface area (Å²) in [5.74, 6) is 0. The number of rotatable bonds is 2. The van der Waals surface area contributed by atoms with E-state index in [9.17, 15) is 0 Å². The van der Waals surface area contributed by atoms with E-state index >= 15 is 0 Å². The van der Waals surface area contributed by atoms with Crippen LogP contribution in [0.3, 0.4) is 0 Å². The summed E-state index contributed by atoms with van der Waals surface area (Å²) in [5, 5.41) is 3.27. The van der Waals surface area contributed by atoms with Crippen LogP contribution in [-0.4, -0.2) is 16.1 Å². The third-order valence-electron chi connectivity index (χ3n) is 4.49. The van der Waals surface area contributed by atoms with Crippen molar-refractivity contribution in [1.29, 1.82) is 0 Å². The molecule has 3 rings (SSSR count). The Bertz CT molecular complexity index is 700. The lowest BCUT2D eigenvalue weighted by molar-refractivity contribution is 1.27. The van der Waals surface area contributed by atoms with E-state index < -0.39 is 16.1 Å². The van der Waals surface area contributed by atoms with E-state index in [1.54, 1.807) is 21.5 Å². The first kappa shape index (κ1) is 14.8. The molecule has 0 spiro atoms. The molecule has 21 heavy (non-hydrogen) atoms. The largest absolute Gasteiger partial charge is 0.0784 e. The van der Waals surface area contributed by atoms with Crippen LogP contribution in [0.5, 0.6) is 0 Å². The van der Waals surface area contributed by atoms with Crippen molar-refractivity contribution in [2.75, 3.05) is 0 Å². The van der Waals surface area contributed by atoms with Crippen LogP contribution < -0.4 is 10.4 Å². The van der Waals surface area contributed by atoms with Crippen LogP contribution in [0.4, 0.5) is 0 Å². The molecule has 0 saturated carbocycles. The molecular weight excluding hydrogens is 284 g/mol. The molecule has 0 aromatic heterocycles. The van der Waals surface area contributed by atoms with Crippen molar-refractivity contribution in [3.05, 3.63) is 47.5 Å². The number of benzene rings is 2. The van der Waals surface area contributed by atoms with E-state index in [1.807, 2.05) is 0 Å². The molecule has 0 fully saturated rings. The first-order valence-corrected chi connectivity index (χ1v) is 14.9. The fraction of sp³-hybridized carbons (Fsp3) is 0.368. The summed E-state index contributed by atoms with van der Waals surface area (Å²) in [7, 11) is -2.65. The molecule has 1 radical (unpaired) electrons. The van der Waals surface area contributed by atoms with Crippen molar-refractivity contribution in [1.82, 2.24) is 0 Å². The number of fused-ring (bicyclic) bond motifs is 3. The zero-order valence-corrected chi connectivity index (χ0v) is 16.1. The summed E-state index contributed by atoms with van der Waals surface area (Å²) in [5.41, 5.74) is 6.04. The monoisotopic (exact) mass is 309 g/mol. The number of hydrogen-bond acceptors (Lipinski definition) is 0. The highest BCUT2D eigenvalue weighted by molar-refractivity contribution is 6.91. The summed E-state index contributed by atoms with van der Waals surface area (Å²) < 4.78 is 0. The Balaban J connectivity index is 2.35. The van der Waals surface area contributed by atoms with E-state index in [4.69, 9.17) is 0 Å². The van der Waals surface area contributed by atoms with Crippen LogP contribution in [-0.2, 0) is 6.42 Å². The molecular formula is C19H25Si2. The average Bonchev–Trinajstić information content (AvgIpc) is 2.74. The van der Waals surface area contributed by atoms with Crippen molar-refractivity contribution in [3.63, 3.8) is 0 Å². The molecule has 0 unspecified atom stereocenters. The molecule has 2 aromatic carbocycles. The standard InChI is InChI=1S/C19H25Si2/c1-20(2,3)17-11-12-18(21(4,5)6)19-15-10-8-7-9-14(15)13-16(17)19/h7-8,10-12H,13H2,1-6H3. The van der Waals surface area contributed by atoms with Crippen LogP contribution in [0.25, 0.3) is 11.1 Å². The Labute approximate surface area is 131 Å². The van der Waals surface area contributed by atoms with E-state index in [0.717, 1.165) is 6.42 Å². The lowest BCUT2D eigenvalue weighted by atomic mass is 10.1. The van der Waals surface area contributed by atoms with Crippen LogP contribution >= 0.6 is 0 Å². The van der Waals surface area contributed by atoms with Gasteiger partial charge in [-0.05, 0) is 34.7 Å². The van der Waals surface area contributed by atoms with Gasteiger partial charge in [-0.15, -0.1) is 0 Å². The van der Waals surface area contributed by atoms with Crippen molar-refractivity contribution in [2.45, 2.75) is 45.7 Å². The summed E-state index contributed by atoms with van der Waals surface area (Å²) in [6, 6.07) is 14.9. The van der Waals surface area contributed by atoms with Gasteiger partial charge in [0.1, 0.15) is 0 Å². The summed E-state index contributed by atoms with van der Waals surface area (Å²) in [6.45, 7) is 14.8. The maximum Gasteiger partial charge on any atom is 0.0784 e. The molecule has 0 bridgehead atoms. The smallest absolute Gasteiger partial charge is 0.0656 e. The second-order valence-corrected chi connectivity index (χ2v) is 18.3. The lowest BCUT2D eigenvalue weighted by Gasteiger charge is -2.26. The van der Waals surface area contributed by atoms with Crippen molar-refractivity contribution in [2.24, 2.45) is 0 Å². The molecule has 0 saturated heterocycles. The topological polar surface area (TPSA) is 0 Å². The van der Waals surface area contributed by atoms with Gasteiger partial charge in [0.25, 0.3) is 0 Å². The lowest BCUT2D eigenvalue weighted by Crippen LogP contribution is -2.45. The maximum atomic E-state index is 3.48. The van der Waals surface area contributed by atoms with E-state index in [-0.39, 0.29) is 0 Å². The summed E-state index contributed by atoms with van der Waals surface area (Å²) in [6.07, 6.45) is 1.09. The Morgan fingerprint density at radius 3 is 2.10 bits per heavy atom. The first-order chi connectivity index (χ1) is 9.69. The predicted octanol–water partition coefficient (Wildman–Crippen LogP) is 4.15. The minimum atomic E-state index is -1.34. The van der Waals surface area contributed by atoms with Gasteiger partial charge in [-0.3, -0.25) is 0 Å². The quantitative estimate of drug-likeness (QED) is 0.624. The SMILES string of the molecule is C[Si](C)(C)c1ccc([Si](C)(C)C)c2c1Cc1[c]cccc1-2. The minimum Gasteiger partial charge on any atom is -0.0656 e. The molecule has 0 amide bonds. The Morgan fingerprint density at radius 2 is 1.48 bits per heavy atom. The molecule has 0 heterocycles. The van der Waals surface area contributed by atoms with E-state index in [0.29, 0.717) is 0 Å². The maximum absolute atomic E-state index is 3.48. The second-order valence-electron chi connectivity index (χ2n) is 8.25. The summed E-state index contributed by atoms with van der Waals surface area (Å²) >= 11 is 0. The fourth-order valence-corrected chi connectivity index (χ4v) is 6.82. The molecule has 0 atom stereocenters. The zero-order valence-electron chi connectivity index (χ0n) is 14.1. The molecule has 0 aliphatic heterocycles. The van der Waals surface area contributed by atoms with Gasteiger partial charge in [0.15, 0.2) is 0 Å². The summed E-state index contributed by atoms with van der Waals surface area (Å²) in [4.78, 5) is 0. The molecule has 109 valence electrons. The van der Waals surface area contributed by atoms with Gasteiger partial charge >= 0.3 is 0 Å². The van der Waals surface area contributed by atoms with Crippen molar-refractivity contribution in [3.8, 4) is 11.1 Å². The fourth-order valence-electron chi connectivity index (χ4n) is 3.50. The second kappa shape index (κ2) is 4.69. The first-order valence-electron chi connectivity index (χ1n) is 7.86. The van der Waals surface area contributed by atoms with Crippen molar-refractivity contribution >= 4 is 26.5 Å². The third kappa shape index (κ3) is 2.45. The highest BCUT2D eigenvalue weighted by atomic mass is 28.3. The highest BCUT2D eigenvalue weighted by Gasteiger charge is 2.32. The van der Waals surface area contributed by atoms with Gasteiger partial charge in [0.05, 0.1) is 16.1 Å². The zero-order chi connectivity index (χ0) is 15.4. The molecule has 1 aliphatic rings. The predicted molar refractivity (Wildman–Crippen MR) is 99.5 cm³/mol. The van der Waals surface area contributed by atoms with Gasteiger partial charge in [-0.1, -0.05) is 80.0 Å². The minimum absolute atomic E-state index is 1.09.